The van der Waals surface area contributed by atoms with Gasteiger partial charge in [0.05, 0.1) is 0 Å². The maximum atomic E-state index is 9.91. The van der Waals surface area contributed by atoms with Gasteiger partial charge in [0.1, 0.15) is 18.3 Å². The van der Waals surface area contributed by atoms with E-state index in [-0.39, 0.29) is 11.2 Å². The summed E-state index contributed by atoms with van der Waals surface area (Å²) in [6, 6.07) is 0. The molecule has 0 radical (unpaired) electrons. The van der Waals surface area contributed by atoms with Gasteiger partial charge in [-0.2, -0.15) is 0 Å². The number of thiocarbonyl (C=S) groups is 1. The molecule has 0 bridgehead atoms. The smallest absolute Gasteiger partial charge is 0.151 e. The van der Waals surface area contributed by atoms with Crippen LogP contribution in [0.3, 0.4) is 0 Å². The van der Waals surface area contributed by atoms with Gasteiger partial charge in [-0.05, 0) is 6.92 Å². The Bertz CT molecular complexity index is 159. The fourth-order valence-corrected chi connectivity index (χ4v) is 0.647. The second-order valence-corrected chi connectivity index (χ2v) is 2.82. The molecule has 64 valence electrons. The van der Waals surface area contributed by atoms with Gasteiger partial charge in [0.2, 0.25) is 0 Å². The van der Waals surface area contributed by atoms with Crippen LogP contribution in [0.4, 0.5) is 0 Å². The predicted molar refractivity (Wildman–Crippen MR) is 42.4 cm³/mol. The molecule has 0 aliphatic rings. The number of rotatable bonds is 4. The van der Waals surface area contributed by atoms with Crippen LogP contribution in [0, 0.1) is 0 Å². The fraction of sp³-hybridized carbons (Fsp3) is 0.667. The minimum atomic E-state index is -1.58. The first kappa shape index (κ1) is 10.6. The third-order valence-electron chi connectivity index (χ3n) is 1.23. The lowest BCUT2D eigenvalue weighted by atomic mass is 10.1. The summed E-state index contributed by atoms with van der Waals surface area (Å²) in [6.07, 6.45) is -4.29. The summed E-state index contributed by atoms with van der Waals surface area (Å²) in [6.45, 7) is 1.42. The Kier molecular flexibility index (Phi) is 4.36. The molecule has 0 aromatic heterocycles. The highest BCUT2D eigenvalue weighted by Crippen LogP contribution is 2.00. The van der Waals surface area contributed by atoms with Crippen LogP contribution in [-0.4, -0.2) is 44.8 Å². The molecule has 0 aliphatic carbocycles. The topological polar surface area (TPSA) is 77.8 Å². The highest BCUT2D eigenvalue weighted by Gasteiger charge is 2.25. The van der Waals surface area contributed by atoms with E-state index in [1.54, 1.807) is 0 Å². The van der Waals surface area contributed by atoms with E-state index in [2.05, 4.69) is 12.2 Å². The summed E-state index contributed by atoms with van der Waals surface area (Å²) in [7, 11) is 0. The third-order valence-corrected chi connectivity index (χ3v) is 1.47. The van der Waals surface area contributed by atoms with Crippen molar-refractivity contribution < 1.29 is 20.1 Å². The Morgan fingerprint density at radius 2 is 1.91 bits per heavy atom. The highest BCUT2D eigenvalue weighted by molar-refractivity contribution is 7.80. The van der Waals surface area contributed by atoms with Crippen LogP contribution < -0.4 is 0 Å². The minimum absolute atomic E-state index is 0.137. The van der Waals surface area contributed by atoms with Gasteiger partial charge in [-0.3, -0.25) is 0 Å². The zero-order valence-electron chi connectivity index (χ0n) is 5.97. The number of carbonyl (C=O) groups excluding carboxylic acids is 1. The summed E-state index contributed by atoms with van der Waals surface area (Å²) < 4.78 is 0. The number of aldehydes is 1. The summed E-state index contributed by atoms with van der Waals surface area (Å²) in [5.74, 6) is 0. The summed E-state index contributed by atoms with van der Waals surface area (Å²) in [5.41, 5.74) is 0. The Morgan fingerprint density at radius 1 is 1.45 bits per heavy atom. The van der Waals surface area contributed by atoms with Crippen molar-refractivity contribution in [1.82, 2.24) is 0 Å². The maximum Gasteiger partial charge on any atom is 0.151 e. The van der Waals surface area contributed by atoms with Crippen molar-refractivity contribution in [2.24, 2.45) is 0 Å². The summed E-state index contributed by atoms with van der Waals surface area (Å²) >= 11 is 4.52. The van der Waals surface area contributed by atoms with Gasteiger partial charge in [-0.1, -0.05) is 12.2 Å². The molecule has 0 amide bonds. The Labute approximate surface area is 69.5 Å². The number of carbonyl (C=O) groups is 1. The lowest BCUT2D eigenvalue weighted by molar-refractivity contribution is -0.123. The molecule has 0 aromatic rings. The molecule has 0 spiro atoms. The van der Waals surface area contributed by atoms with Crippen molar-refractivity contribution in [2.45, 2.75) is 25.2 Å². The Morgan fingerprint density at radius 3 is 2.18 bits per heavy atom. The molecule has 0 aliphatic heterocycles. The van der Waals surface area contributed by atoms with Crippen LogP contribution in [-0.2, 0) is 4.79 Å². The van der Waals surface area contributed by atoms with Crippen LogP contribution in [0.5, 0.6) is 0 Å². The van der Waals surface area contributed by atoms with Crippen LogP contribution in [0.1, 0.15) is 6.92 Å². The van der Waals surface area contributed by atoms with Crippen LogP contribution in [0.2, 0.25) is 0 Å². The first-order valence-corrected chi connectivity index (χ1v) is 3.41. The van der Waals surface area contributed by atoms with Gasteiger partial charge < -0.3 is 20.1 Å². The van der Waals surface area contributed by atoms with Gasteiger partial charge >= 0.3 is 0 Å². The van der Waals surface area contributed by atoms with Gasteiger partial charge in [0.15, 0.2) is 6.29 Å². The number of hydrogen-bond acceptors (Lipinski definition) is 5. The zero-order valence-corrected chi connectivity index (χ0v) is 6.78. The summed E-state index contributed by atoms with van der Waals surface area (Å²) in [5, 5.41) is 26.6. The van der Waals surface area contributed by atoms with Gasteiger partial charge in [-0.15, -0.1) is 0 Å². The monoisotopic (exact) mass is 178 g/mol. The fourth-order valence-electron chi connectivity index (χ4n) is 0.508. The molecule has 3 N–H and O–H groups in total. The summed E-state index contributed by atoms with van der Waals surface area (Å²) in [4.78, 5) is 10.0. The van der Waals surface area contributed by atoms with Crippen molar-refractivity contribution in [2.75, 3.05) is 0 Å². The van der Waals surface area contributed by atoms with Crippen molar-refractivity contribution in [3.63, 3.8) is 0 Å². The van der Waals surface area contributed by atoms with Crippen molar-refractivity contribution in [1.29, 1.82) is 0 Å². The predicted octanol–water partition coefficient (Wildman–Crippen LogP) is -1.34. The average molecular weight is 178 g/mol. The molecule has 0 heterocycles. The number of hydrogen-bond donors (Lipinski definition) is 3. The molecular formula is C6H10O4S. The van der Waals surface area contributed by atoms with E-state index in [1.165, 1.54) is 6.92 Å². The van der Waals surface area contributed by atoms with E-state index >= 15 is 0 Å². The molecule has 5 heteroatoms. The number of aliphatic hydroxyl groups excluding tert-OH is 3. The first-order chi connectivity index (χ1) is 5.00. The molecule has 0 saturated heterocycles. The molecule has 0 fully saturated rings. The highest BCUT2D eigenvalue weighted by atomic mass is 32.1. The molecule has 0 unspecified atom stereocenters. The van der Waals surface area contributed by atoms with E-state index in [0.717, 1.165) is 0 Å². The van der Waals surface area contributed by atoms with Crippen LogP contribution in [0.15, 0.2) is 0 Å². The van der Waals surface area contributed by atoms with Crippen LogP contribution in [0.25, 0.3) is 0 Å². The SMILES string of the molecule is CC(=S)[C@H](O)[C@H](O)[C@@H](O)C=O. The largest absolute Gasteiger partial charge is 0.387 e. The maximum absolute atomic E-state index is 9.91. The standard InChI is InChI=1S/C6H10O4S/c1-3(11)5(9)6(10)4(8)2-7/h2,4-6,8-10H,1H3/t4-,5-,6+/m0/s1. The zero-order chi connectivity index (χ0) is 9.02. The molecule has 0 aromatic carbocycles. The second-order valence-electron chi connectivity index (χ2n) is 2.17. The molecule has 3 atom stereocenters. The van der Waals surface area contributed by atoms with Crippen molar-refractivity contribution >= 4 is 23.4 Å². The first-order valence-electron chi connectivity index (χ1n) is 3.00. The van der Waals surface area contributed by atoms with E-state index in [1.807, 2.05) is 0 Å². The average Bonchev–Trinajstić information content (AvgIpc) is 2.00. The van der Waals surface area contributed by atoms with E-state index in [4.69, 9.17) is 15.3 Å². The van der Waals surface area contributed by atoms with E-state index < -0.39 is 18.3 Å². The lowest BCUT2D eigenvalue weighted by Gasteiger charge is -2.17. The Hall–Kier alpha value is -0.360. The quantitative estimate of drug-likeness (QED) is 0.367. The van der Waals surface area contributed by atoms with Crippen molar-refractivity contribution in [3.05, 3.63) is 0 Å². The molecular weight excluding hydrogens is 168 g/mol. The van der Waals surface area contributed by atoms with E-state index in [9.17, 15) is 4.79 Å². The molecule has 0 rings (SSSR count). The number of aliphatic hydroxyl groups is 3. The molecule has 4 nitrogen and oxygen atoms in total. The normalized spacial score (nSPS) is 18.5. The van der Waals surface area contributed by atoms with Gasteiger partial charge in [0.25, 0.3) is 0 Å². The second kappa shape index (κ2) is 4.50. The minimum Gasteiger partial charge on any atom is -0.387 e. The third kappa shape index (κ3) is 3.02. The van der Waals surface area contributed by atoms with E-state index in [0.29, 0.717) is 0 Å². The Balaban J connectivity index is 4.11. The molecule has 11 heavy (non-hydrogen) atoms. The van der Waals surface area contributed by atoms with Gasteiger partial charge in [0, 0.05) is 4.86 Å². The van der Waals surface area contributed by atoms with Crippen molar-refractivity contribution in [3.8, 4) is 0 Å². The molecule has 0 saturated carbocycles. The lowest BCUT2D eigenvalue weighted by Crippen LogP contribution is -2.41. The van der Waals surface area contributed by atoms with Gasteiger partial charge in [-0.25, -0.2) is 0 Å². The van der Waals surface area contributed by atoms with Crippen LogP contribution >= 0.6 is 12.2 Å².